The van der Waals surface area contributed by atoms with E-state index in [1.165, 1.54) is 0 Å². The van der Waals surface area contributed by atoms with Gasteiger partial charge in [-0.2, -0.15) is 0 Å². The molecule has 0 atom stereocenters. The number of hydrogen-bond acceptors (Lipinski definition) is 7. The molecule has 4 heterocycles. The van der Waals surface area contributed by atoms with Gasteiger partial charge in [0, 0.05) is 51.9 Å². The van der Waals surface area contributed by atoms with Crippen molar-refractivity contribution in [1.29, 1.82) is 0 Å². The zero-order valence-corrected chi connectivity index (χ0v) is 19.2. The molecule has 172 valence electrons. The van der Waals surface area contributed by atoms with Crippen molar-refractivity contribution in [2.24, 2.45) is 0 Å². The SMILES string of the molecule is CC(C)n1cnnc1-c1cccc(Nc2cccc3c2C(=O)N(CCN2CCNCC2)C3)n1. The summed E-state index contributed by atoms with van der Waals surface area (Å²) in [6, 6.07) is 12.0. The maximum atomic E-state index is 13.3. The second kappa shape index (κ2) is 9.29. The molecule has 2 aliphatic rings. The van der Waals surface area contributed by atoms with E-state index in [9.17, 15) is 4.79 Å². The van der Waals surface area contributed by atoms with Crippen molar-refractivity contribution in [3.63, 3.8) is 0 Å². The largest absolute Gasteiger partial charge is 0.340 e. The minimum absolute atomic E-state index is 0.0824. The first-order valence-corrected chi connectivity index (χ1v) is 11.6. The van der Waals surface area contributed by atoms with E-state index in [1.54, 1.807) is 6.33 Å². The standard InChI is InChI=1S/C24H30N8O/c1-17(2)32-16-26-29-23(32)20-7-4-8-21(28-20)27-19-6-3-5-18-15-31(24(33)22(18)19)14-13-30-11-9-25-10-12-30/h3-8,16-17,25H,9-15H2,1-2H3,(H,27,28). The summed E-state index contributed by atoms with van der Waals surface area (Å²) in [5.74, 6) is 1.48. The van der Waals surface area contributed by atoms with E-state index < -0.39 is 0 Å². The monoisotopic (exact) mass is 446 g/mol. The lowest BCUT2D eigenvalue weighted by Gasteiger charge is -2.29. The van der Waals surface area contributed by atoms with Gasteiger partial charge in [0.05, 0.1) is 11.3 Å². The van der Waals surface area contributed by atoms with E-state index >= 15 is 0 Å². The Morgan fingerprint density at radius 1 is 1.09 bits per heavy atom. The third-order valence-corrected chi connectivity index (χ3v) is 6.28. The van der Waals surface area contributed by atoms with Gasteiger partial charge in [-0.3, -0.25) is 9.69 Å². The highest BCUT2D eigenvalue weighted by Crippen LogP contribution is 2.31. The first kappa shape index (κ1) is 21.5. The Morgan fingerprint density at radius 3 is 2.73 bits per heavy atom. The molecular weight excluding hydrogens is 416 g/mol. The maximum Gasteiger partial charge on any atom is 0.256 e. The van der Waals surface area contributed by atoms with Crippen LogP contribution in [-0.2, 0) is 6.54 Å². The molecule has 33 heavy (non-hydrogen) atoms. The zero-order valence-electron chi connectivity index (χ0n) is 19.2. The van der Waals surface area contributed by atoms with Gasteiger partial charge < -0.3 is 20.1 Å². The third-order valence-electron chi connectivity index (χ3n) is 6.28. The molecule has 9 nitrogen and oxygen atoms in total. The fraction of sp³-hybridized carbons (Fsp3) is 0.417. The van der Waals surface area contributed by atoms with Gasteiger partial charge >= 0.3 is 0 Å². The smallest absolute Gasteiger partial charge is 0.256 e. The lowest BCUT2D eigenvalue weighted by molar-refractivity contribution is 0.0755. The van der Waals surface area contributed by atoms with Crippen LogP contribution in [0.15, 0.2) is 42.7 Å². The average Bonchev–Trinajstić information content (AvgIpc) is 3.44. The Kier molecular flexibility index (Phi) is 6.06. The average molecular weight is 447 g/mol. The molecule has 2 N–H and O–H groups in total. The maximum absolute atomic E-state index is 13.3. The number of carbonyl (C=O) groups is 1. The molecule has 0 spiro atoms. The normalized spacial score (nSPS) is 16.5. The molecule has 0 bridgehead atoms. The topological polar surface area (TPSA) is 91.2 Å². The van der Waals surface area contributed by atoms with Crippen molar-refractivity contribution in [2.75, 3.05) is 44.6 Å². The Balaban J connectivity index is 1.33. The predicted molar refractivity (Wildman–Crippen MR) is 127 cm³/mol. The summed E-state index contributed by atoms with van der Waals surface area (Å²) in [4.78, 5) is 22.4. The molecule has 1 aromatic carbocycles. The number of hydrogen-bond donors (Lipinski definition) is 2. The van der Waals surface area contributed by atoms with Gasteiger partial charge in [0.15, 0.2) is 5.82 Å². The molecule has 3 aromatic rings. The molecule has 2 aliphatic heterocycles. The molecule has 0 radical (unpaired) electrons. The van der Waals surface area contributed by atoms with Crippen LogP contribution in [0.5, 0.6) is 0 Å². The molecule has 5 rings (SSSR count). The van der Waals surface area contributed by atoms with Crippen molar-refractivity contribution in [3.8, 4) is 11.5 Å². The Bertz CT molecular complexity index is 1130. The van der Waals surface area contributed by atoms with Crippen molar-refractivity contribution in [3.05, 3.63) is 53.9 Å². The van der Waals surface area contributed by atoms with Crippen LogP contribution in [0.3, 0.4) is 0 Å². The molecule has 2 aromatic heterocycles. The van der Waals surface area contributed by atoms with Crippen molar-refractivity contribution >= 4 is 17.4 Å². The van der Waals surface area contributed by atoms with E-state index in [4.69, 9.17) is 4.98 Å². The fourth-order valence-corrected chi connectivity index (χ4v) is 4.47. The lowest BCUT2D eigenvalue weighted by atomic mass is 10.1. The molecule has 9 heteroatoms. The zero-order chi connectivity index (χ0) is 22.8. The van der Waals surface area contributed by atoms with Gasteiger partial charge in [0.1, 0.15) is 17.8 Å². The Hall–Kier alpha value is -3.30. The quantitative estimate of drug-likeness (QED) is 0.576. The number of piperazine rings is 1. The molecule has 0 unspecified atom stereocenters. The molecule has 1 saturated heterocycles. The second-order valence-corrected chi connectivity index (χ2v) is 8.85. The fourth-order valence-electron chi connectivity index (χ4n) is 4.47. The van der Waals surface area contributed by atoms with Gasteiger partial charge in [0.25, 0.3) is 5.91 Å². The lowest BCUT2D eigenvalue weighted by Crippen LogP contribution is -2.46. The number of anilines is 2. The van der Waals surface area contributed by atoms with Gasteiger partial charge in [-0.05, 0) is 37.6 Å². The van der Waals surface area contributed by atoms with Crippen LogP contribution in [-0.4, -0.2) is 74.7 Å². The van der Waals surface area contributed by atoms with Crippen LogP contribution in [0.25, 0.3) is 11.5 Å². The molecule has 0 aliphatic carbocycles. The van der Waals surface area contributed by atoms with E-state index in [2.05, 4.69) is 39.6 Å². The number of nitrogens with one attached hydrogen (secondary N) is 2. The second-order valence-electron chi connectivity index (χ2n) is 8.85. The number of aromatic nitrogens is 4. The van der Waals surface area contributed by atoms with E-state index in [1.807, 2.05) is 45.9 Å². The van der Waals surface area contributed by atoms with E-state index in [0.717, 1.165) is 67.6 Å². The van der Waals surface area contributed by atoms with Crippen molar-refractivity contribution < 1.29 is 4.79 Å². The summed E-state index contributed by atoms with van der Waals surface area (Å²) in [5.41, 5.74) is 3.33. The highest BCUT2D eigenvalue weighted by atomic mass is 16.2. The molecule has 1 amide bonds. The van der Waals surface area contributed by atoms with Crippen LogP contribution < -0.4 is 10.6 Å². The van der Waals surface area contributed by atoms with Crippen molar-refractivity contribution in [1.82, 2.24) is 34.9 Å². The molecular formula is C24H30N8O. The van der Waals surface area contributed by atoms with Gasteiger partial charge in [-0.25, -0.2) is 4.98 Å². The van der Waals surface area contributed by atoms with Gasteiger partial charge in [-0.1, -0.05) is 18.2 Å². The van der Waals surface area contributed by atoms with Crippen LogP contribution >= 0.6 is 0 Å². The highest BCUT2D eigenvalue weighted by molar-refractivity contribution is 6.04. The first-order valence-electron chi connectivity index (χ1n) is 11.6. The number of fused-ring (bicyclic) bond motifs is 1. The summed E-state index contributed by atoms with van der Waals surface area (Å²) >= 11 is 0. The van der Waals surface area contributed by atoms with Crippen molar-refractivity contribution in [2.45, 2.75) is 26.4 Å². The minimum atomic E-state index is 0.0824. The third kappa shape index (κ3) is 4.46. The number of nitrogens with zero attached hydrogens (tertiary/aromatic N) is 6. The first-order chi connectivity index (χ1) is 16.1. The van der Waals surface area contributed by atoms with Crippen LogP contribution in [0.4, 0.5) is 11.5 Å². The summed E-state index contributed by atoms with van der Waals surface area (Å²) in [6.07, 6.45) is 1.72. The summed E-state index contributed by atoms with van der Waals surface area (Å²) in [6.45, 7) is 10.6. The molecule has 1 fully saturated rings. The molecule has 0 saturated carbocycles. The van der Waals surface area contributed by atoms with Gasteiger partial charge in [-0.15, -0.1) is 10.2 Å². The Labute approximate surface area is 193 Å². The van der Waals surface area contributed by atoms with E-state index in [0.29, 0.717) is 12.4 Å². The van der Waals surface area contributed by atoms with Crippen LogP contribution in [0, 0.1) is 0 Å². The van der Waals surface area contributed by atoms with E-state index in [-0.39, 0.29) is 11.9 Å². The van der Waals surface area contributed by atoms with Crippen LogP contribution in [0.2, 0.25) is 0 Å². The predicted octanol–water partition coefficient (Wildman–Crippen LogP) is 2.53. The highest BCUT2D eigenvalue weighted by Gasteiger charge is 2.30. The number of pyridine rings is 1. The summed E-state index contributed by atoms with van der Waals surface area (Å²) < 4.78 is 1.99. The summed E-state index contributed by atoms with van der Waals surface area (Å²) in [5, 5.41) is 15.0. The number of carbonyl (C=O) groups excluding carboxylic acids is 1. The number of amides is 1. The summed E-state index contributed by atoms with van der Waals surface area (Å²) in [7, 11) is 0. The number of rotatable bonds is 7. The van der Waals surface area contributed by atoms with Crippen LogP contribution in [0.1, 0.15) is 35.8 Å². The minimum Gasteiger partial charge on any atom is -0.340 e. The number of benzene rings is 1. The Morgan fingerprint density at radius 2 is 1.91 bits per heavy atom. The van der Waals surface area contributed by atoms with Gasteiger partial charge in [0.2, 0.25) is 0 Å².